The van der Waals surface area contributed by atoms with Crippen LogP contribution in [0.4, 0.5) is 0 Å². The van der Waals surface area contributed by atoms with Crippen LogP contribution in [0.5, 0.6) is 5.75 Å². The maximum absolute atomic E-state index is 9.69. The van der Waals surface area contributed by atoms with Crippen molar-refractivity contribution >= 4 is 8.07 Å². The molecule has 1 unspecified atom stereocenters. The van der Waals surface area contributed by atoms with Crippen LogP contribution in [0.15, 0.2) is 12.1 Å². The molecular weight excluding hydrogens is 268 g/mol. The van der Waals surface area contributed by atoms with Gasteiger partial charge in [-0.05, 0) is 24.1 Å². The molecule has 2 N–H and O–H groups in total. The highest BCUT2D eigenvalue weighted by molar-refractivity contribution is 6.83. The Balaban J connectivity index is 3.32. The summed E-state index contributed by atoms with van der Waals surface area (Å²) in [4.78, 5) is 0. The van der Waals surface area contributed by atoms with Crippen molar-refractivity contribution in [3.63, 3.8) is 0 Å². The SMILES string of the molecule is COc1cc(C)cc(CC(O)CO)c1C#C[Si](C)(C)C. The number of hydrogen-bond acceptors (Lipinski definition) is 3. The Morgan fingerprint density at radius 1 is 1.30 bits per heavy atom. The molecule has 3 nitrogen and oxygen atoms in total. The van der Waals surface area contributed by atoms with Crippen molar-refractivity contribution in [1.29, 1.82) is 0 Å². The second-order valence-corrected chi connectivity index (χ2v) is 10.8. The van der Waals surface area contributed by atoms with Crippen LogP contribution >= 0.6 is 0 Å². The second kappa shape index (κ2) is 6.94. The number of aliphatic hydroxyl groups excluding tert-OH is 2. The third-order valence-electron chi connectivity index (χ3n) is 2.78. The minimum Gasteiger partial charge on any atom is -0.495 e. The Morgan fingerprint density at radius 3 is 2.45 bits per heavy atom. The van der Waals surface area contributed by atoms with Gasteiger partial charge in [0.15, 0.2) is 0 Å². The lowest BCUT2D eigenvalue weighted by Gasteiger charge is -2.14. The zero-order valence-corrected chi connectivity index (χ0v) is 13.9. The fourth-order valence-corrected chi connectivity index (χ4v) is 2.36. The summed E-state index contributed by atoms with van der Waals surface area (Å²) < 4.78 is 5.42. The Kier molecular flexibility index (Phi) is 5.82. The minimum absolute atomic E-state index is 0.253. The van der Waals surface area contributed by atoms with E-state index < -0.39 is 14.2 Å². The third-order valence-corrected chi connectivity index (χ3v) is 3.65. The predicted molar refractivity (Wildman–Crippen MR) is 84.8 cm³/mol. The topological polar surface area (TPSA) is 49.7 Å². The Bertz CT molecular complexity index is 521. The van der Waals surface area contributed by atoms with Gasteiger partial charge in [-0.3, -0.25) is 0 Å². The van der Waals surface area contributed by atoms with Gasteiger partial charge in [-0.2, -0.15) is 0 Å². The van der Waals surface area contributed by atoms with Gasteiger partial charge in [0.25, 0.3) is 0 Å². The molecule has 1 aromatic rings. The molecule has 0 heterocycles. The normalized spacial score (nSPS) is 12.6. The van der Waals surface area contributed by atoms with Crippen LogP contribution in [0.25, 0.3) is 0 Å². The van der Waals surface area contributed by atoms with Crippen molar-refractivity contribution in [2.45, 2.75) is 39.1 Å². The molecule has 1 rings (SSSR count). The first kappa shape index (κ1) is 16.8. The molecule has 4 heteroatoms. The van der Waals surface area contributed by atoms with Crippen LogP contribution in [-0.2, 0) is 6.42 Å². The van der Waals surface area contributed by atoms with Gasteiger partial charge >= 0.3 is 0 Å². The first-order valence-electron chi connectivity index (χ1n) is 6.76. The summed E-state index contributed by atoms with van der Waals surface area (Å²) >= 11 is 0. The lowest BCUT2D eigenvalue weighted by Crippen LogP contribution is -2.18. The summed E-state index contributed by atoms with van der Waals surface area (Å²) in [6.07, 6.45) is -0.390. The number of rotatable bonds is 4. The monoisotopic (exact) mass is 292 g/mol. The average Bonchev–Trinajstić information content (AvgIpc) is 2.35. The van der Waals surface area contributed by atoms with Crippen molar-refractivity contribution in [3.05, 3.63) is 28.8 Å². The zero-order valence-electron chi connectivity index (χ0n) is 12.9. The summed E-state index contributed by atoms with van der Waals surface area (Å²) in [6, 6.07) is 3.94. The van der Waals surface area contributed by atoms with E-state index in [0.717, 1.165) is 22.4 Å². The molecule has 0 aromatic heterocycles. The summed E-state index contributed by atoms with van der Waals surface area (Å²) in [7, 11) is 0.137. The maximum atomic E-state index is 9.69. The van der Waals surface area contributed by atoms with E-state index in [-0.39, 0.29) is 6.61 Å². The van der Waals surface area contributed by atoms with Crippen LogP contribution in [0.1, 0.15) is 16.7 Å². The van der Waals surface area contributed by atoms with E-state index in [1.54, 1.807) is 7.11 Å². The van der Waals surface area contributed by atoms with Gasteiger partial charge < -0.3 is 14.9 Å². The minimum atomic E-state index is -1.49. The van der Waals surface area contributed by atoms with Crippen LogP contribution < -0.4 is 4.74 Å². The molecule has 0 aliphatic carbocycles. The standard InChI is InChI=1S/C16H24O3Si/c1-12-8-13(10-14(18)11-17)15(16(9-12)19-2)6-7-20(3,4)5/h8-9,14,17-18H,10-11H2,1-5H3. The van der Waals surface area contributed by atoms with Crippen LogP contribution in [0, 0.1) is 18.4 Å². The third kappa shape index (κ3) is 5.01. The first-order chi connectivity index (χ1) is 9.26. The van der Waals surface area contributed by atoms with Crippen molar-refractivity contribution in [2.75, 3.05) is 13.7 Å². The summed E-state index contributed by atoms with van der Waals surface area (Å²) in [5.41, 5.74) is 6.14. The van der Waals surface area contributed by atoms with Gasteiger partial charge in [-0.15, -0.1) is 5.54 Å². The maximum Gasteiger partial charge on any atom is 0.134 e. The van der Waals surface area contributed by atoms with Gasteiger partial charge in [0.05, 0.1) is 25.4 Å². The summed E-state index contributed by atoms with van der Waals surface area (Å²) in [6.45, 7) is 8.28. The number of methoxy groups -OCH3 is 1. The molecule has 0 aliphatic rings. The molecule has 0 fully saturated rings. The molecular formula is C16H24O3Si. The average molecular weight is 292 g/mol. The molecule has 0 saturated carbocycles. The highest BCUT2D eigenvalue weighted by atomic mass is 28.3. The number of aryl methyl sites for hydroxylation is 1. The molecule has 0 amide bonds. The molecule has 0 bridgehead atoms. The highest BCUT2D eigenvalue weighted by Crippen LogP contribution is 2.25. The highest BCUT2D eigenvalue weighted by Gasteiger charge is 2.14. The van der Waals surface area contributed by atoms with Gasteiger partial charge in [0, 0.05) is 6.42 Å². The predicted octanol–water partition coefficient (Wildman–Crippen LogP) is 2.13. The Morgan fingerprint density at radius 2 is 1.95 bits per heavy atom. The van der Waals surface area contributed by atoms with E-state index in [0.29, 0.717) is 6.42 Å². The van der Waals surface area contributed by atoms with E-state index in [1.807, 2.05) is 19.1 Å². The van der Waals surface area contributed by atoms with Gasteiger partial charge in [0.2, 0.25) is 0 Å². The molecule has 0 radical (unpaired) electrons. The van der Waals surface area contributed by atoms with Crippen LogP contribution in [0.2, 0.25) is 19.6 Å². The molecule has 20 heavy (non-hydrogen) atoms. The van der Waals surface area contributed by atoms with E-state index in [2.05, 4.69) is 31.1 Å². The number of hydrogen-bond donors (Lipinski definition) is 2. The van der Waals surface area contributed by atoms with Crippen molar-refractivity contribution in [1.82, 2.24) is 0 Å². The van der Waals surface area contributed by atoms with Gasteiger partial charge in [-0.1, -0.05) is 31.6 Å². The second-order valence-electron chi connectivity index (χ2n) is 6.04. The van der Waals surface area contributed by atoms with Gasteiger partial charge in [-0.25, -0.2) is 0 Å². The zero-order chi connectivity index (χ0) is 15.3. The molecule has 0 saturated heterocycles. The molecule has 110 valence electrons. The summed E-state index contributed by atoms with van der Waals surface area (Å²) in [5.74, 6) is 3.96. The fraction of sp³-hybridized carbons (Fsp3) is 0.500. The number of benzene rings is 1. The van der Waals surface area contributed by atoms with Crippen LogP contribution in [-0.4, -0.2) is 38.1 Å². The van der Waals surface area contributed by atoms with Crippen molar-refractivity contribution in [3.8, 4) is 17.2 Å². The quantitative estimate of drug-likeness (QED) is 0.660. The van der Waals surface area contributed by atoms with Crippen LogP contribution in [0.3, 0.4) is 0 Å². The van der Waals surface area contributed by atoms with E-state index in [1.165, 1.54) is 0 Å². The molecule has 1 aromatic carbocycles. The van der Waals surface area contributed by atoms with E-state index in [4.69, 9.17) is 9.84 Å². The van der Waals surface area contributed by atoms with E-state index >= 15 is 0 Å². The van der Waals surface area contributed by atoms with Crippen molar-refractivity contribution in [2.24, 2.45) is 0 Å². The molecule has 0 aliphatic heterocycles. The van der Waals surface area contributed by atoms with Gasteiger partial charge in [0.1, 0.15) is 13.8 Å². The lowest BCUT2D eigenvalue weighted by molar-refractivity contribution is 0.0954. The lowest BCUT2D eigenvalue weighted by atomic mass is 9.98. The first-order valence-corrected chi connectivity index (χ1v) is 10.3. The Labute approximate surface area is 122 Å². The number of aliphatic hydroxyl groups is 2. The Hall–Kier alpha value is -1.28. The largest absolute Gasteiger partial charge is 0.495 e. The van der Waals surface area contributed by atoms with Crippen molar-refractivity contribution < 1.29 is 14.9 Å². The summed E-state index contributed by atoms with van der Waals surface area (Å²) in [5, 5.41) is 18.7. The fourth-order valence-electron chi connectivity index (χ4n) is 1.86. The van der Waals surface area contributed by atoms with E-state index in [9.17, 15) is 5.11 Å². The number of ether oxygens (including phenoxy) is 1. The smallest absolute Gasteiger partial charge is 0.134 e. The molecule has 1 atom stereocenters. The molecule has 0 spiro atoms.